The van der Waals surface area contributed by atoms with Crippen LogP contribution in [0.1, 0.15) is 61.6 Å². The lowest BCUT2D eigenvalue weighted by atomic mass is 9.90. The smallest absolute Gasteiger partial charge is 0.273 e. The van der Waals surface area contributed by atoms with Crippen molar-refractivity contribution in [2.24, 2.45) is 0 Å². The Morgan fingerprint density at radius 2 is 1.78 bits per heavy atom. The maximum Gasteiger partial charge on any atom is 0.273 e. The number of amides is 1. The first kappa shape index (κ1) is 19.2. The van der Waals surface area contributed by atoms with Crippen molar-refractivity contribution in [1.82, 2.24) is 15.1 Å². The van der Waals surface area contributed by atoms with Gasteiger partial charge in [0.1, 0.15) is 0 Å². The number of fused-ring (bicyclic) bond motifs is 1. The first-order valence-corrected chi connectivity index (χ1v) is 9.78. The van der Waals surface area contributed by atoms with Crippen LogP contribution in [-0.4, -0.2) is 15.7 Å². The van der Waals surface area contributed by atoms with Crippen molar-refractivity contribution >= 4 is 16.8 Å². The first-order valence-electron chi connectivity index (χ1n) is 9.78. The summed E-state index contributed by atoms with van der Waals surface area (Å²) in [5.41, 5.74) is 3.33. The monoisotopic (exact) mass is 363 g/mol. The van der Waals surface area contributed by atoms with E-state index in [1.165, 1.54) is 0 Å². The second kappa shape index (κ2) is 7.95. The van der Waals surface area contributed by atoms with Gasteiger partial charge in [-0.15, -0.1) is 0 Å². The molecule has 1 N–H and O–H groups in total. The van der Waals surface area contributed by atoms with Crippen LogP contribution in [-0.2, 0) is 12.1 Å². The Morgan fingerprint density at radius 3 is 2.52 bits per heavy atom. The van der Waals surface area contributed by atoms with E-state index in [0.717, 1.165) is 47.8 Å². The number of aryl methyl sites for hydroxylation is 2. The summed E-state index contributed by atoms with van der Waals surface area (Å²) in [6, 6.07) is 16.1. The van der Waals surface area contributed by atoms with E-state index < -0.39 is 5.54 Å². The molecule has 0 saturated carbocycles. The van der Waals surface area contributed by atoms with Crippen molar-refractivity contribution in [2.45, 2.75) is 59.0 Å². The minimum absolute atomic E-state index is 0.131. The van der Waals surface area contributed by atoms with Gasteiger partial charge in [0.25, 0.3) is 5.91 Å². The van der Waals surface area contributed by atoms with Gasteiger partial charge in [-0.1, -0.05) is 62.2 Å². The van der Waals surface area contributed by atoms with Crippen LogP contribution in [0, 0.1) is 6.92 Å². The zero-order chi connectivity index (χ0) is 19.4. The Hall–Kier alpha value is -2.62. The lowest BCUT2D eigenvalue weighted by molar-refractivity contribution is 0.0907. The molecule has 0 radical (unpaired) electrons. The van der Waals surface area contributed by atoms with Gasteiger partial charge >= 0.3 is 0 Å². The number of nitrogens with zero attached hydrogens (tertiary/aromatic N) is 2. The number of hydrogen-bond donors (Lipinski definition) is 1. The van der Waals surface area contributed by atoms with Gasteiger partial charge in [-0.05, 0) is 44.4 Å². The molecule has 1 amide bonds. The number of rotatable bonds is 7. The average Bonchev–Trinajstić information content (AvgIpc) is 3.01. The fourth-order valence-corrected chi connectivity index (χ4v) is 3.66. The van der Waals surface area contributed by atoms with E-state index in [4.69, 9.17) is 0 Å². The molecule has 1 aromatic heterocycles. The summed E-state index contributed by atoms with van der Waals surface area (Å²) >= 11 is 0. The molecule has 0 aliphatic rings. The van der Waals surface area contributed by atoms with E-state index in [-0.39, 0.29) is 5.91 Å². The summed E-state index contributed by atoms with van der Waals surface area (Å²) in [5.74, 6) is -0.131. The van der Waals surface area contributed by atoms with Crippen molar-refractivity contribution in [2.75, 3.05) is 0 Å². The number of benzene rings is 2. The lowest BCUT2D eigenvalue weighted by Gasteiger charge is -2.28. The minimum Gasteiger partial charge on any atom is -0.342 e. The molecule has 0 fully saturated rings. The van der Waals surface area contributed by atoms with Crippen molar-refractivity contribution in [3.8, 4) is 0 Å². The Kier molecular flexibility index (Phi) is 5.64. The van der Waals surface area contributed by atoms with Crippen molar-refractivity contribution in [3.05, 3.63) is 65.4 Å². The SMILES string of the molecule is CCCCCn1nc(C(=O)NC(C)(C)c2ccccc2C)c2ccccc21. The highest BCUT2D eigenvalue weighted by Gasteiger charge is 2.27. The zero-order valence-electron chi connectivity index (χ0n) is 16.7. The van der Waals surface area contributed by atoms with Crippen LogP contribution in [0.15, 0.2) is 48.5 Å². The van der Waals surface area contributed by atoms with Crippen LogP contribution in [0.4, 0.5) is 0 Å². The molecule has 142 valence electrons. The molecule has 0 saturated heterocycles. The zero-order valence-corrected chi connectivity index (χ0v) is 16.7. The van der Waals surface area contributed by atoms with Crippen molar-refractivity contribution in [1.29, 1.82) is 0 Å². The fourth-order valence-electron chi connectivity index (χ4n) is 3.66. The van der Waals surface area contributed by atoms with E-state index in [9.17, 15) is 4.79 Å². The van der Waals surface area contributed by atoms with Gasteiger partial charge in [0.2, 0.25) is 0 Å². The summed E-state index contributed by atoms with van der Waals surface area (Å²) in [6.07, 6.45) is 3.39. The number of aromatic nitrogens is 2. The predicted octanol–water partition coefficient (Wildman–Crippen LogP) is 5.20. The Morgan fingerprint density at radius 1 is 1.07 bits per heavy atom. The van der Waals surface area contributed by atoms with Crippen LogP contribution < -0.4 is 5.32 Å². The molecule has 0 unspecified atom stereocenters. The standard InChI is InChI=1S/C23H29N3O/c1-5-6-11-16-26-20-15-10-8-13-18(20)21(25-26)22(27)24-23(3,4)19-14-9-7-12-17(19)2/h7-10,12-15H,5-6,11,16H2,1-4H3,(H,24,27). The summed E-state index contributed by atoms with van der Waals surface area (Å²) in [6.45, 7) is 9.17. The molecule has 27 heavy (non-hydrogen) atoms. The molecule has 4 heteroatoms. The van der Waals surface area contributed by atoms with Crippen LogP contribution >= 0.6 is 0 Å². The average molecular weight is 364 g/mol. The number of carbonyl (C=O) groups excluding carboxylic acids is 1. The van der Waals surface area contributed by atoms with Crippen molar-refractivity contribution in [3.63, 3.8) is 0 Å². The predicted molar refractivity (Wildman–Crippen MR) is 111 cm³/mol. The second-order valence-electron chi connectivity index (χ2n) is 7.69. The van der Waals surface area contributed by atoms with Gasteiger partial charge in [0.15, 0.2) is 5.69 Å². The van der Waals surface area contributed by atoms with Crippen LogP contribution in [0.3, 0.4) is 0 Å². The Labute approximate surface area is 161 Å². The quantitative estimate of drug-likeness (QED) is 0.587. The first-order chi connectivity index (χ1) is 12.9. The highest BCUT2D eigenvalue weighted by molar-refractivity contribution is 6.05. The minimum atomic E-state index is -0.477. The lowest BCUT2D eigenvalue weighted by Crippen LogP contribution is -2.41. The van der Waals surface area contributed by atoms with Crippen molar-refractivity contribution < 1.29 is 4.79 Å². The molecular weight excluding hydrogens is 334 g/mol. The number of carbonyl (C=O) groups is 1. The van der Waals surface area contributed by atoms with Gasteiger partial charge in [0, 0.05) is 11.9 Å². The van der Waals surface area contributed by atoms with E-state index in [2.05, 4.69) is 36.4 Å². The van der Waals surface area contributed by atoms with E-state index >= 15 is 0 Å². The maximum atomic E-state index is 13.1. The Bertz CT molecular complexity index is 940. The third-order valence-electron chi connectivity index (χ3n) is 5.09. The maximum absolute atomic E-state index is 13.1. The number of hydrogen-bond acceptors (Lipinski definition) is 2. The normalized spacial score (nSPS) is 11.7. The molecule has 0 aliphatic heterocycles. The fraction of sp³-hybridized carbons (Fsp3) is 0.391. The van der Waals surface area contributed by atoms with E-state index in [1.807, 2.05) is 54.9 Å². The Balaban J connectivity index is 1.90. The molecule has 3 rings (SSSR count). The van der Waals surface area contributed by atoms with Crippen LogP contribution in [0.2, 0.25) is 0 Å². The molecular formula is C23H29N3O. The summed E-state index contributed by atoms with van der Waals surface area (Å²) < 4.78 is 1.97. The molecule has 0 atom stereocenters. The van der Waals surface area contributed by atoms with Gasteiger partial charge in [0.05, 0.1) is 11.1 Å². The topological polar surface area (TPSA) is 46.9 Å². The molecule has 4 nitrogen and oxygen atoms in total. The molecule has 0 bridgehead atoms. The molecule has 0 spiro atoms. The van der Waals surface area contributed by atoms with E-state index in [0.29, 0.717) is 5.69 Å². The third kappa shape index (κ3) is 4.05. The number of nitrogens with one attached hydrogen (secondary N) is 1. The molecule has 3 aromatic rings. The summed E-state index contributed by atoms with van der Waals surface area (Å²) in [5, 5.41) is 8.76. The molecule has 0 aliphatic carbocycles. The number of para-hydroxylation sites is 1. The van der Waals surface area contributed by atoms with Gasteiger partial charge < -0.3 is 5.32 Å². The van der Waals surface area contributed by atoms with E-state index in [1.54, 1.807) is 0 Å². The number of unbranched alkanes of at least 4 members (excludes halogenated alkanes) is 2. The van der Waals surface area contributed by atoms with Gasteiger partial charge in [-0.3, -0.25) is 9.48 Å². The highest BCUT2D eigenvalue weighted by atomic mass is 16.2. The highest BCUT2D eigenvalue weighted by Crippen LogP contribution is 2.25. The van der Waals surface area contributed by atoms with Gasteiger partial charge in [-0.25, -0.2) is 0 Å². The molecule has 1 heterocycles. The summed E-state index contributed by atoms with van der Waals surface area (Å²) in [7, 11) is 0. The van der Waals surface area contributed by atoms with Gasteiger partial charge in [-0.2, -0.15) is 5.10 Å². The largest absolute Gasteiger partial charge is 0.342 e. The van der Waals surface area contributed by atoms with Crippen LogP contribution in [0.25, 0.3) is 10.9 Å². The van der Waals surface area contributed by atoms with Crippen LogP contribution in [0.5, 0.6) is 0 Å². The third-order valence-corrected chi connectivity index (χ3v) is 5.09. The summed E-state index contributed by atoms with van der Waals surface area (Å²) in [4.78, 5) is 13.1. The second-order valence-corrected chi connectivity index (χ2v) is 7.69. The molecule has 2 aromatic carbocycles.